The van der Waals surface area contributed by atoms with Crippen molar-refractivity contribution in [2.75, 3.05) is 12.4 Å². The van der Waals surface area contributed by atoms with Crippen LogP contribution in [0.15, 0.2) is 24.3 Å². The van der Waals surface area contributed by atoms with E-state index in [-0.39, 0.29) is 23.2 Å². The lowest BCUT2D eigenvalue weighted by Gasteiger charge is -2.27. The summed E-state index contributed by atoms with van der Waals surface area (Å²) in [5.74, 6) is -0.938. The number of aliphatic carboxylic acids is 1. The van der Waals surface area contributed by atoms with Crippen molar-refractivity contribution < 1.29 is 19.4 Å². The Morgan fingerprint density at radius 2 is 1.83 bits per heavy atom. The average Bonchev–Trinajstić information content (AvgIpc) is 3.21. The molecule has 2 N–H and O–H groups in total. The van der Waals surface area contributed by atoms with Gasteiger partial charge in [0.2, 0.25) is 5.91 Å². The van der Waals surface area contributed by atoms with Gasteiger partial charge < -0.3 is 15.2 Å². The predicted octanol–water partition coefficient (Wildman–Crippen LogP) is 2.77. The SMILES string of the molecule is COc1ccccc1NC(=O)[C@H]1[C@@H](C(=O)O)[C@H]2CC[C@@H]1C21CC1. The van der Waals surface area contributed by atoms with E-state index in [2.05, 4.69) is 5.32 Å². The van der Waals surface area contributed by atoms with Crippen LogP contribution in [0.5, 0.6) is 5.75 Å². The summed E-state index contributed by atoms with van der Waals surface area (Å²) < 4.78 is 5.27. The second-order valence-electron chi connectivity index (χ2n) is 7.10. The van der Waals surface area contributed by atoms with Gasteiger partial charge in [-0.05, 0) is 55.1 Å². The van der Waals surface area contributed by atoms with E-state index in [1.165, 1.54) is 0 Å². The van der Waals surface area contributed by atoms with E-state index in [4.69, 9.17) is 4.74 Å². The van der Waals surface area contributed by atoms with Gasteiger partial charge in [-0.1, -0.05) is 12.1 Å². The topological polar surface area (TPSA) is 75.6 Å². The van der Waals surface area contributed by atoms with Crippen LogP contribution in [0.2, 0.25) is 0 Å². The van der Waals surface area contributed by atoms with Gasteiger partial charge in [0.1, 0.15) is 5.75 Å². The van der Waals surface area contributed by atoms with Gasteiger partial charge in [0.05, 0.1) is 24.6 Å². The van der Waals surface area contributed by atoms with Crippen molar-refractivity contribution in [3.63, 3.8) is 0 Å². The maximum Gasteiger partial charge on any atom is 0.307 e. The van der Waals surface area contributed by atoms with Crippen molar-refractivity contribution in [1.29, 1.82) is 0 Å². The number of methoxy groups -OCH3 is 1. The zero-order chi connectivity index (χ0) is 16.2. The number of amides is 1. The predicted molar refractivity (Wildman–Crippen MR) is 84.1 cm³/mol. The van der Waals surface area contributed by atoms with E-state index in [9.17, 15) is 14.7 Å². The molecule has 4 atom stereocenters. The van der Waals surface area contributed by atoms with Crippen molar-refractivity contribution in [2.24, 2.45) is 29.1 Å². The fraction of sp³-hybridized carbons (Fsp3) is 0.556. The first-order valence-corrected chi connectivity index (χ1v) is 8.25. The van der Waals surface area contributed by atoms with Crippen LogP contribution < -0.4 is 10.1 Å². The molecule has 5 heteroatoms. The lowest BCUT2D eigenvalue weighted by atomic mass is 9.78. The van der Waals surface area contributed by atoms with Gasteiger partial charge in [-0.3, -0.25) is 9.59 Å². The molecule has 0 saturated heterocycles. The first-order valence-electron chi connectivity index (χ1n) is 8.25. The van der Waals surface area contributed by atoms with Crippen molar-refractivity contribution in [3.05, 3.63) is 24.3 Å². The molecule has 23 heavy (non-hydrogen) atoms. The zero-order valence-electron chi connectivity index (χ0n) is 13.1. The highest BCUT2D eigenvalue weighted by atomic mass is 16.5. The molecule has 3 saturated carbocycles. The smallest absolute Gasteiger partial charge is 0.307 e. The monoisotopic (exact) mass is 315 g/mol. The first kappa shape index (κ1) is 14.5. The van der Waals surface area contributed by atoms with Crippen LogP contribution in [-0.2, 0) is 9.59 Å². The standard InChI is InChI=1S/C18H21NO4/c1-23-13-5-3-2-4-12(13)19-16(20)14-10-6-7-11(15(14)17(21)22)18(10)8-9-18/h2-5,10-11,14-15H,6-9H2,1H3,(H,19,20)(H,21,22)/t10-,11+,14+,15-/m0/s1. The normalized spacial score (nSPS) is 32.7. The van der Waals surface area contributed by atoms with Crippen LogP contribution in [0.25, 0.3) is 0 Å². The molecule has 4 rings (SSSR count). The molecule has 1 aromatic rings. The van der Waals surface area contributed by atoms with Crippen molar-refractivity contribution in [1.82, 2.24) is 0 Å². The van der Waals surface area contributed by atoms with E-state index >= 15 is 0 Å². The third kappa shape index (κ3) is 1.98. The van der Waals surface area contributed by atoms with Gasteiger partial charge in [-0.15, -0.1) is 0 Å². The molecule has 3 aliphatic rings. The highest BCUT2D eigenvalue weighted by molar-refractivity contribution is 5.97. The number of ether oxygens (including phenoxy) is 1. The van der Waals surface area contributed by atoms with Gasteiger partial charge in [0.15, 0.2) is 0 Å². The zero-order valence-corrected chi connectivity index (χ0v) is 13.1. The summed E-state index contributed by atoms with van der Waals surface area (Å²) in [7, 11) is 1.56. The van der Waals surface area contributed by atoms with Crippen LogP contribution in [0.3, 0.4) is 0 Å². The number of carbonyl (C=O) groups excluding carboxylic acids is 1. The fourth-order valence-electron chi connectivity index (χ4n) is 5.31. The molecular formula is C18H21NO4. The van der Waals surface area contributed by atoms with Crippen molar-refractivity contribution >= 4 is 17.6 Å². The average molecular weight is 315 g/mol. The Balaban J connectivity index is 1.61. The van der Waals surface area contributed by atoms with Gasteiger partial charge in [-0.2, -0.15) is 0 Å². The number of rotatable bonds is 4. The number of carbonyl (C=O) groups is 2. The molecular weight excluding hydrogens is 294 g/mol. The van der Waals surface area contributed by atoms with Crippen LogP contribution in [0.1, 0.15) is 25.7 Å². The number of anilines is 1. The van der Waals surface area contributed by atoms with Crippen LogP contribution in [0, 0.1) is 29.1 Å². The second kappa shape index (κ2) is 4.98. The minimum atomic E-state index is -0.816. The Kier molecular flexibility index (Phi) is 3.15. The Morgan fingerprint density at radius 3 is 2.43 bits per heavy atom. The molecule has 5 nitrogen and oxygen atoms in total. The molecule has 0 heterocycles. The van der Waals surface area contributed by atoms with E-state index in [0.717, 1.165) is 25.7 Å². The Morgan fingerprint density at radius 1 is 1.17 bits per heavy atom. The lowest BCUT2D eigenvalue weighted by molar-refractivity contribution is -0.148. The number of hydrogen-bond donors (Lipinski definition) is 2. The van der Waals surface area contributed by atoms with Crippen LogP contribution in [0.4, 0.5) is 5.69 Å². The van der Waals surface area contributed by atoms with Gasteiger partial charge >= 0.3 is 5.97 Å². The number of benzene rings is 1. The number of nitrogens with one attached hydrogen (secondary N) is 1. The molecule has 122 valence electrons. The summed E-state index contributed by atoms with van der Waals surface area (Å²) in [6.45, 7) is 0. The minimum Gasteiger partial charge on any atom is -0.495 e. The number of carboxylic acid groups (broad SMARTS) is 1. The summed E-state index contributed by atoms with van der Waals surface area (Å²) in [5, 5.41) is 12.6. The van der Waals surface area contributed by atoms with E-state index in [0.29, 0.717) is 11.4 Å². The summed E-state index contributed by atoms with van der Waals surface area (Å²) in [6, 6.07) is 7.24. The van der Waals surface area contributed by atoms with Crippen molar-refractivity contribution in [2.45, 2.75) is 25.7 Å². The molecule has 0 aromatic heterocycles. The highest BCUT2D eigenvalue weighted by Crippen LogP contribution is 2.74. The molecule has 1 aromatic carbocycles. The molecule has 2 bridgehead atoms. The molecule has 0 radical (unpaired) electrons. The lowest BCUT2D eigenvalue weighted by Crippen LogP contribution is -2.37. The Hall–Kier alpha value is -2.04. The maximum atomic E-state index is 12.9. The summed E-state index contributed by atoms with van der Waals surface area (Å²) >= 11 is 0. The summed E-state index contributed by atoms with van der Waals surface area (Å²) in [5.41, 5.74) is 0.753. The number of carboxylic acids is 1. The first-order chi connectivity index (χ1) is 11.1. The van der Waals surface area contributed by atoms with E-state index in [1.54, 1.807) is 19.2 Å². The molecule has 1 spiro atoms. The van der Waals surface area contributed by atoms with Crippen LogP contribution in [-0.4, -0.2) is 24.1 Å². The van der Waals surface area contributed by atoms with E-state index in [1.807, 2.05) is 12.1 Å². The Labute approximate surface area is 135 Å². The van der Waals surface area contributed by atoms with Gasteiger partial charge in [0, 0.05) is 0 Å². The largest absolute Gasteiger partial charge is 0.495 e. The fourth-order valence-corrected chi connectivity index (χ4v) is 5.31. The maximum absolute atomic E-state index is 12.9. The molecule has 0 aliphatic heterocycles. The van der Waals surface area contributed by atoms with Gasteiger partial charge in [0.25, 0.3) is 0 Å². The molecule has 3 aliphatic carbocycles. The highest BCUT2D eigenvalue weighted by Gasteiger charge is 2.71. The van der Waals surface area contributed by atoms with E-state index < -0.39 is 17.8 Å². The second-order valence-corrected chi connectivity index (χ2v) is 7.10. The third-order valence-electron chi connectivity index (χ3n) is 6.30. The quantitative estimate of drug-likeness (QED) is 0.896. The number of hydrogen-bond acceptors (Lipinski definition) is 3. The summed E-state index contributed by atoms with van der Waals surface area (Å²) in [4.78, 5) is 24.7. The van der Waals surface area contributed by atoms with Gasteiger partial charge in [-0.25, -0.2) is 0 Å². The minimum absolute atomic E-state index is 0.145. The van der Waals surface area contributed by atoms with Crippen LogP contribution >= 0.6 is 0 Å². The molecule has 3 fully saturated rings. The Bertz CT molecular complexity index is 667. The summed E-state index contributed by atoms with van der Waals surface area (Å²) in [6.07, 6.45) is 4.12. The molecule has 0 unspecified atom stereocenters. The van der Waals surface area contributed by atoms with Crippen molar-refractivity contribution in [3.8, 4) is 5.75 Å². The number of para-hydroxylation sites is 2. The molecule has 1 amide bonds. The third-order valence-corrected chi connectivity index (χ3v) is 6.30.